The number of benzene rings is 1. The van der Waals surface area contributed by atoms with E-state index in [1.807, 2.05) is 18.2 Å². The largest absolute Gasteiger partial charge is 0.481 e. The van der Waals surface area contributed by atoms with Crippen molar-refractivity contribution in [2.75, 3.05) is 13.1 Å². The first-order valence-corrected chi connectivity index (χ1v) is 6.92. The van der Waals surface area contributed by atoms with E-state index in [2.05, 4.69) is 22.8 Å². The van der Waals surface area contributed by atoms with Gasteiger partial charge in [-0.2, -0.15) is 0 Å². The lowest BCUT2D eigenvalue weighted by Crippen LogP contribution is -2.40. The molecule has 110 valence electrons. The summed E-state index contributed by atoms with van der Waals surface area (Å²) in [7, 11) is 0. The van der Waals surface area contributed by atoms with E-state index in [1.165, 1.54) is 5.56 Å². The number of rotatable bonds is 8. The van der Waals surface area contributed by atoms with Gasteiger partial charge in [0.25, 0.3) is 0 Å². The maximum atomic E-state index is 11.5. The zero-order valence-corrected chi connectivity index (χ0v) is 11.8. The number of urea groups is 1. The highest BCUT2D eigenvalue weighted by atomic mass is 16.4. The third-order valence-electron chi connectivity index (χ3n) is 3.12. The van der Waals surface area contributed by atoms with Gasteiger partial charge in [-0.3, -0.25) is 4.79 Å². The summed E-state index contributed by atoms with van der Waals surface area (Å²) in [5.41, 5.74) is 1.24. The fourth-order valence-corrected chi connectivity index (χ4v) is 1.82. The molecule has 20 heavy (non-hydrogen) atoms. The normalized spacial score (nSPS) is 11.7. The summed E-state index contributed by atoms with van der Waals surface area (Å²) in [5, 5.41) is 14.2. The summed E-state index contributed by atoms with van der Waals surface area (Å²) in [6.07, 6.45) is 2.27. The van der Waals surface area contributed by atoms with Crippen molar-refractivity contribution in [1.29, 1.82) is 0 Å². The molecule has 0 fully saturated rings. The number of amides is 2. The van der Waals surface area contributed by atoms with Crippen LogP contribution in [0, 0.1) is 5.92 Å². The number of carboxylic acid groups (broad SMARTS) is 1. The van der Waals surface area contributed by atoms with Crippen LogP contribution in [-0.2, 0) is 11.2 Å². The Bertz CT molecular complexity index is 420. The molecule has 1 aromatic rings. The minimum absolute atomic E-state index is 0.163. The highest BCUT2D eigenvalue weighted by Gasteiger charge is 2.15. The minimum Gasteiger partial charge on any atom is -0.481 e. The van der Waals surface area contributed by atoms with Crippen LogP contribution >= 0.6 is 0 Å². The van der Waals surface area contributed by atoms with Crippen molar-refractivity contribution in [1.82, 2.24) is 10.6 Å². The van der Waals surface area contributed by atoms with Crippen LogP contribution in [0.1, 0.15) is 25.3 Å². The van der Waals surface area contributed by atoms with Crippen LogP contribution in [0.3, 0.4) is 0 Å². The van der Waals surface area contributed by atoms with Crippen LogP contribution in [0.4, 0.5) is 4.79 Å². The monoisotopic (exact) mass is 278 g/mol. The molecule has 0 aliphatic carbocycles. The molecule has 0 radical (unpaired) electrons. The van der Waals surface area contributed by atoms with Crippen LogP contribution in [0.2, 0.25) is 0 Å². The molecule has 0 aromatic heterocycles. The zero-order valence-electron chi connectivity index (χ0n) is 11.8. The van der Waals surface area contributed by atoms with Gasteiger partial charge in [0.2, 0.25) is 0 Å². The Balaban J connectivity index is 2.13. The summed E-state index contributed by atoms with van der Waals surface area (Å²) < 4.78 is 0. The van der Waals surface area contributed by atoms with E-state index >= 15 is 0 Å². The molecule has 0 aliphatic heterocycles. The van der Waals surface area contributed by atoms with Gasteiger partial charge in [0.05, 0.1) is 5.92 Å². The standard InChI is InChI=1S/C15H22N2O3/c1-2-13(14(18)19)11-17-15(20)16-10-6-9-12-7-4-3-5-8-12/h3-5,7-8,13H,2,6,9-11H2,1H3,(H,18,19)(H2,16,17,20). The molecule has 2 amide bonds. The lowest BCUT2D eigenvalue weighted by molar-refractivity contribution is -0.141. The Labute approximate surface area is 119 Å². The third-order valence-corrected chi connectivity index (χ3v) is 3.12. The van der Waals surface area contributed by atoms with Gasteiger partial charge in [-0.25, -0.2) is 4.79 Å². The topological polar surface area (TPSA) is 78.4 Å². The lowest BCUT2D eigenvalue weighted by Gasteiger charge is -2.11. The molecule has 3 N–H and O–H groups in total. The summed E-state index contributed by atoms with van der Waals surface area (Å²) in [5.74, 6) is -1.40. The van der Waals surface area contributed by atoms with Crippen LogP contribution in [0.5, 0.6) is 0 Å². The molecule has 0 heterocycles. The van der Waals surface area contributed by atoms with Gasteiger partial charge in [-0.1, -0.05) is 37.3 Å². The van der Waals surface area contributed by atoms with Crippen LogP contribution < -0.4 is 10.6 Å². The summed E-state index contributed by atoms with van der Waals surface area (Å²) >= 11 is 0. The first kappa shape index (κ1) is 16.0. The molecule has 0 aliphatic rings. The predicted molar refractivity (Wildman–Crippen MR) is 77.6 cm³/mol. The number of carboxylic acids is 1. The van der Waals surface area contributed by atoms with Crippen LogP contribution in [0.15, 0.2) is 30.3 Å². The number of hydrogen-bond donors (Lipinski definition) is 3. The van der Waals surface area contributed by atoms with E-state index in [9.17, 15) is 9.59 Å². The average Bonchev–Trinajstić information content (AvgIpc) is 2.45. The number of aliphatic carboxylic acids is 1. The second-order valence-corrected chi connectivity index (χ2v) is 4.67. The highest BCUT2D eigenvalue weighted by molar-refractivity contribution is 5.75. The maximum absolute atomic E-state index is 11.5. The molecular weight excluding hydrogens is 256 g/mol. The van der Waals surface area contributed by atoms with E-state index in [4.69, 9.17) is 5.11 Å². The first-order chi connectivity index (χ1) is 9.63. The fourth-order valence-electron chi connectivity index (χ4n) is 1.82. The Kier molecular flexibility index (Phi) is 7.17. The predicted octanol–water partition coefficient (Wildman–Crippen LogP) is 2.03. The van der Waals surface area contributed by atoms with Crippen molar-refractivity contribution in [2.45, 2.75) is 26.2 Å². The van der Waals surface area contributed by atoms with Crippen molar-refractivity contribution >= 4 is 12.0 Å². The molecule has 0 saturated heterocycles. The molecule has 1 aromatic carbocycles. The Morgan fingerprint density at radius 3 is 2.50 bits per heavy atom. The van der Waals surface area contributed by atoms with Crippen molar-refractivity contribution < 1.29 is 14.7 Å². The van der Waals surface area contributed by atoms with Crippen LogP contribution in [0.25, 0.3) is 0 Å². The smallest absolute Gasteiger partial charge is 0.314 e. The first-order valence-electron chi connectivity index (χ1n) is 6.92. The Hall–Kier alpha value is -2.04. The highest BCUT2D eigenvalue weighted by Crippen LogP contribution is 2.02. The second-order valence-electron chi connectivity index (χ2n) is 4.67. The van der Waals surface area contributed by atoms with Gasteiger partial charge in [0.15, 0.2) is 0 Å². The van der Waals surface area contributed by atoms with Crippen LogP contribution in [-0.4, -0.2) is 30.2 Å². The average molecular weight is 278 g/mol. The third kappa shape index (κ3) is 6.22. The Morgan fingerprint density at radius 1 is 1.20 bits per heavy atom. The van der Waals surface area contributed by atoms with Crippen molar-refractivity contribution in [2.24, 2.45) is 5.92 Å². The van der Waals surface area contributed by atoms with E-state index in [-0.39, 0.29) is 12.6 Å². The summed E-state index contributed by atoms with van der Waals surface area (Å²) in [6, 6.07) is 9.76. The van der Waals surface area contributed by atoms with Gasteiger partial charge in [0.1, 0.15) is 0 Å². The Morgan fingerprint density at radius 2 is 1.90 bits per heavy atom. The molecule has 5 nitrogen and oxygen atoms in total. The number of carbonyl (C=O) groups excluding carboxylic acids is 1. The molecular formula is C15H22N2O3. The molecule has 1 unspecified atom stereocenters. The summed E-state index contributed by atoms with van der Waals surface area (Å²) in [4.78, 5) is 22.3. The van der Waals surface area contributed by atoms with Crippen molar-refractivity contribution in [3.05, 3.63) is 35.9 Å². The van der Waals surface area contributed by atoms with Crippen molar-refractivity contribution in [3.8, 4) is 0 Å². The van der Waals surface area contributed by atoms with Gasteiger partial charge < -0.3 is 15.7 Å². The van der Waals surface area contributed by atoms with Gasteiger partial charge >= 0.3 is 12.0 Å². The fraction of sp³-hybridized carbons (Fsp3) is 0.467. The molecule has 1 rings (SSSR count). The maximum Gasteiger partial charge on any atom is 0.314 e. The van der Waals surface area contributed by atoms with Gasteiger partial charge in [0, 0.05) is 13.1 Å². The molecule has 0 saturated carbocycles. The van der Waals surface area contributed by atoms with E-state index in [0.717, 1.165) is 12.8 Å². The molecule has 1 atom stereocenters. The SMILES string of the molecule is CCC(CNC(=O)NCCCc1ccccc1)C(=O)O. The molecule has 0 spiro atoms. The summed E-state index contributed by atoms with van der Waals surface area (Å²) in [6.45, 7) is 2.53. The van der Waals surface area contributed by atoms with Gasteiger partial charge in [-0.15, -0.1) is 0 Å². The minimum atomic E-state index is -0.878. The van der Waals surface area contributed by atoms with E-state index in [0.29, 0.717) is 13.0 Å². The lowest BCUT2D eigenvalue weighted by atomic mass is 10.1. The molecule has 5 heteroatoms. The number of nitrogens with one attached hydrogen (secondary N) is 2. The van der Waals surface area contributed by atoms with Crippen molar-refractivity contribution in [3.63, 3.8) is 0 Å². The second kappa shape index (κ2) is 8.96. The zero-order chi connectivity index (χ0) is 14.8. The number of carbonyl (C=O) groups is 2. The van der Waals surface area contributed by atoms with E-state index < -0.39 is 11.9 Å². The van der Waals surface area contributed by atoms with E-state index in [1.54, 1.807) is 6.92 Å². The number of aryl methyl sites for hydroxylation is 1. The number of hydrogen-bond acceptors (Lipinski definition) is 2. The molecule has 0 bridgehead atoms. The van der Waals surface area contributed by atoms with Gasteiger partial charge in [-0.05, 0) is 24.8 Å². The quantitative estimate of drug-likeness (QED) is 0.637.